The van der Waals surface area contributed by atoms with Gasteiger partial charge in [-0.2, -0.15) is 5.10 Å². The van der Waals surface area contributed by atoms with Crippen molar-refractivity contribution in [1.82, 2.24) is 9.78 Å². The number of methoxy groups -OCH3 is 1. The van der Waals surface area contributed by atoms with Crippen LogP contribution in [0.25, 0.3) is 0 Å². The minimum Gasteiger partial charge on any atom is -0.467 e. The molecule has 0 radical (unpaired) electrons. The third-order valence-corrected chi connectivity index (χ3v) is 2.56. The topological polar surface area (TPSA) is 61.2 Å². The van der Waals surface area contributed by atoms with Crippen LogP contribution in [-0.4, -0.2) is 22.9 Å². The summed E-state index contributed by atoms with van der Waals surface area (Å²) in [6.07, 6.45) is 1.20. The van der Waals surface area contributed by atoms with E-state index in [1.807, 2.05) is 0 Å². The van der Waals surface area contributed by atoms with Crippen LogP contribution >= 0.6 is 23.2 Å². The van der Waals surface area contributed by atoms with E-state index in [9.17, 15) is 9.59 Å². The van der Waals surface area contributed by atoms with Gasteiger partial charge in [0.1, 0.15) is 5.02 Å². The average Bonchev–Trinajstić information content (AvgIpc) is 2.24. The van der Waals surface area contributed by atoms with E-state index in [0.717, 1.165) is 4.68 Å². The minimum absolute atomic E-state index is 0.0509. The standard InChI is InChI=1S/C8H8Cl2N2O3/c1-4(8(14)15-2)12-7(13)6(10)5(9)3-11-12/h3-4H,1-2H3/t4-/m0/s1. The van der Waals surface area contributed by atoms with Crippen LogP contribution in [0.4, 0.5) is 0 Å². The Morgan fingerprint density at radius 3 is 2.73 bits per heavy atom. The number of ether oxygens (including phenoxy) is 1. The number of esters is 1. The number of halogens is 2. The van der Waals surface area contributed by atoms with Crippen molar-refractivity contribution in [2.75, 3.05) is 7.11 Å². The molecule has 0 saturated heterocycles. The molecule has 0 spiro atoms. The summed E-state index contributed by atoms with van der Waals surface area (Å²) in [6, 6.07) is -0.836. The molecule has 0 aliphatic heterocycles. The van der Waals surface area contributed by atoms with Crippen molar-refractivity contribution in [3.63, 3.8) is 0 Å². The van der Waals surface area contributed by atoms with E-state index >= 15 is 0 Å². The van der Waals surface area contributed by atoms with Gasteiger partial charge in [0, 0.05) is 0 Å². The summed E-state index contributed by atoms with van der Waals surface area (Å²) < 4.78 is 5.39. The van der Waals surface area contributed by atoms with Crippen molar-refractivity contribution in [2.45, 2.75) is 13.0 Å². The summed E-state index contributed by atoms with van der Waals surface area (Å²) in [5.74, 6) is -0.581. The van der Waals surface area contributed by atoms with Gasteiger partial charge in [-0.15, -0.1) is 0 Å². The highest BCUT2D eigenvalue weighted by molar-refractivity contribution is 6.41. The molecular formula is C8H8Cl2N2O3. The van der Waals surface area contributed by atoms with Crippen molar-refractivity contribution in [2.24, 2.45) is 0 Å². The second kappa shape index (κ2) is 4.63. The van der Waals surface area contributed by atoms with E-state index in [-0.39, 0.29) is 10.0 Å². The first-order valence-electron chi connectivity index (χ1n) is 3.99. The van der Waals surface area contributed by atoms with Gasteiger partial charge in [0.15, 0.2) is 6.04 Å². The molecule has 15 heavy (non-hydrogen) atoms. The number of hydrogen-bond acceptors (Lipinski definition) is 4. The molecule has 0 fully saturated rings. The number of carbonyl (C=O) groups is 1. The highest BCUT2D eigenvalue weighted by atomic mass is 35.5. The fourth-order valence-corrected chi connectivity index (χ4v) is 1.23. The van der Waals surface area contributed by atoms with Crippen molar-refractivity contribution < 1.29 is 9.53 Å². The molecule has 7 heteroatoms. The highest BCUT2D eigenvalue weighted by Crippen LogP contribution is 2.16. The molecule has 0 aliphatic rings. The molecule has 1 atom stereocenters. The number of rotatable bonds is 2. The van der Waals surface area contributed by atoms with Crippen molar-refractivity contribution in [1.29, 1.82) is 0 Å². The molecule has 82 valence electrons. The van der Waals surface area contributed by atoms with Gasteiger partial charge < -0.3 is 4.74 Å². The van der Waals surface area contributed by atoms with Crippen LogP contribution in [0.3, 0.4) is 0 Å². The molecule has 0 saturated carbocycles. The summed E-state index contributed by atoms with van der Waals surface area (Å²) >= 11 is 11.2. The molecular weight excluding hydrogens is 243 g/mol. The molecule has 1 rings (SSSR count). The van der Waals surface area contributed by atoms with Crippen LogP contribution in [0.2, 0.25) is 10.0 Å². The van der Waals surface area contributed by atoms with Crippen molar-refractivity contribution >= 4 is 29.2 Å². The lowest BCUT2D eigenvalue weighted by molar-refractivity contribution is -0.144. The summed E-state index contributed by atoms with van der Waals surface area (Å²) in [5, 5.41) is 3.58. The molecule has 0 aliphatic carbocycles. The third kappa shape index (κ3) is 2.30. The average molecular weight is 251 g/mol. The Morgan fingerprint density at radius 1 is 1.60 bits per heavy atom. The van der Waals surface area contributed by atoms with Gasteiger partial charge in [0.25, 0.3) is 5.56 Å². The molecule has 0 N–H and O–H groups in total. The number of aromatic nitrogens is 2. The number of hydrogen-bond donors (Lipinski definition) is 0. The van der Waals surface area contributed by atoms with E-state index in [2.05, 4.69) is 9.84 Å². The van der Waals surface area contributed by atoms with E-state index in [1.54, 1.807) is 0 Å². The summed E-state index contributed by atoms with van der Waals surface area (Å²) in [6.45, 7) is 1.48. The Labute approximate surface area is 95.6 Å². The first-order chi connectivity index (χ1) is 6.99. The maximum Gasteiger partial charge on any atom is 0.330 e. The molecule has 0 bridgehead atoms. The van der Waals surface area contributed by atoms with Crippen molar-refractivity contribution in [3.8, 4) is 0 Å². The van der Waals surface area contributed by atoms with Gasteiger partial charge >= 0.3 is 5.97 Å². The monoisotopic (exact) mass is 250 g/mol. The van der Waals surface area contributed by atoms with E-state index in [1.165, 1.54) is 20.2 Å². The Balaban J connectivity index is 3.22. The van der Waals surface area contributed by atoms with Gasteiger partial charge in [0.2, 0.25) is 0 Å². The first kappa shape index (κ1) is 12.0. The zero-order valence-electron chi connectivity index (χ0n) is 8.03. The highest BCUT2D eigenvalue weighted by Gasteiger charge is 2.19. The van der Waals surface area contributed by atoms with E-state index < -0.39 is 17.6 Å². The lowest BCUT2D eigenvalue weighted by atomic mass is 10.3. The van der Waals surface area contributed by atoms with Crippen LogP contribution in [0.5, 0.6) is 0 Å². The zero-order valence-corrected chi connectivity index (χ0v) is 9.54. The number of nitrogens with zero attached hydrogens (tertiary/aromatic N) is 2. The van der Waals surface area contributed by atoms with Crippen LogP contribution in [0, 0.1) is 0 Å². The van der Waals surface area contributed by atoms with E-state index in [0.29, 0.717) is 0 Å². The summed E-state index contributed by atoms with van der Waals surface area (Å²) in [7, 11) is 1.22. The molecule has 1 aromatic heterocycles. The third-order valence-electron chi connectivity index (χ3n) is 1.81. The lowest BCUT2D eigenvalue weighted by Crippen LogP contribution is -2.31. The van der Waals surface area contributed by atoms with Crippen molar-refractivity contribution in [3.05, 3.63) is 26.6 Å². The molecule has 1 heterocycles. The lowest BCUT2D eigenvalue weighted by Gasteiger charge is -2.11. The second-order valence-electron chi connectivity index (χ2n) is 2.76. The smallest absolute Gasteiger partial charge is 0.330 e. The predicted molar refractivity (Wildman–Crippen MR) is 55.2 cm³/mol. The summed E-state index contributed by atoms with van der Waals surface area (Å²) in [5.41, 5.74) is -0.623. The quantitative estimate of drug-likeness (QED) is 0.743. The first-order valence-corrected chi connectivity index (χ1v) is 4.75. The van der Waals surface area contributed by atoms with Crippen LogP contribution in [0.1, 0.15) is 13.0 Å². The minimum atomic E-state index is -0.836. The molecule has 0 amide bonds. The van der Waals surface area contributed by atoms with Crippen LogP contribution in [0.15, 0.2) is 11.0 Å². The fourth-order valence-electron chi connectivity index (χ4n) is 0.971. The van der Waals surface area contributed by atoms with Gasteiger partial charge in [0.05, 0.1) is 18.3 Å². The molecule has 0 aromatic carbocycles. The molecule has 1 aromatic rings. The fraction of sp³-hybridized carbons (Fsp3) is 0.375. The Bertz CT molecular complexity index is 444. The van der Waals surface area contributed by atoms with E-state index in [4.69, 9.17) is 23.2 Å². The predicted octanol–water partition coefficient (Wildman–Crippen LogP) is 1.28. The Kier molecular flexibility index (Phi) is 3.71. The van der Waals surface area contributed by atoms with Crippen LogP contribution < -0.4 is 5.56 Å². The van der Waals surface area contributed by atoms with Gasteiger partial charge in [-0.1, -0.05) is 23.2 Å². The largest absolute Gasteiger partial charge is 0.467 e. The number of carbonyl (C=O) groups excluding carboxylic acids is 1. The maximum absolute atomic E-state index is 11.5. The van der Waals surface area contributed by atoms with Gasteiger partial charge in [-0.3, -0.25) is 4.79 Å². The Hall–Kier alpha value is -1.07. The zero-order chi connectivity index (χ0) is 11.6. The normalized spacial score (nSPS) is 12.3. The second-order valence-corrected chi connectivity index (χ2v) is 3.54. The Morgan fingerprint density at radius 2 is 2.20 bits per heavy atom. The maximum atomic E-state index is 11.5. The van der Waals surface area contributed by atoms with Gasteiger partial charge in [-0.25, -0.2) is 9.48 Å². The SMILES string of the molecule is COC(=O)[C@H](C)n1ncc(Cl)c(Cl)c1=O. The van der Waals surface area contributed by atoms with Gasteiger partial charge in [-0.05, 0) is 6.92 Å². The molecule has 0 unspecified atom stereocenters. The summed E-state index contributed by atoms with van der Waals surface area (Å²) in [4.78, 5) is 22.7. The van der Waals surface area contributed by atoms with Crippen LogP contribution in [-0.2, 0) is 9.53 Å². The molecule has 5 nitrogen and oxygen atoms in total.